The average molecular weight is 270 g/mol. The van der Waals surface area contributed by atoms with Crippen LogP contribution < -0.4 is 5.32 Å². The van der Waals surface area contributed by atoms with E-state index in [4.69, 9.17) is 9.84 Å². The molecule has 2 heterocycles. The molecule has 0 bridgehead atoms. The third-order valence-corrected chi connectivity index (χ3v) is 3.86. The molecule has 0 aliphatic carbocycles. The molecule has 2 aliphatic rings. The zero-order valence-corrected chi connectivity index (χ0v) is 11.3. The molecule has 3 atom stereocenters. The van der Waals surface area contributed by atoms with Crippen LogP contribution in [0.3, 0.4) is 0 Å². The highest BCUT2D eigenvalue weighted by atomic mass is 16.5. The number of urea groups is 1. The number of amides is 2. The molecule has 2 aliphatic heterocycles. The first-order valence-corrected chi connectivity index (χ1v) is 6.97. The molecule has 2 N–H and O–H groups in total. The fraction of sp³-hybridized carbons (Fsp3) is 0.846. The van der Waals surface area contributed by atoms with Gasteiger partial charge in [-0.3, -0.25) is 4.79 Å². The van der Waals surface area contributed by atoms with Gasteiger partial charge in [0, 0.05) is 19.6 Å². The normalized spacial score (nSPS) is 31.2. The summed E-state index contributed by atoms with van der Waals surface area (Å²) < 4.78 is 5.63. The summed E-state index contributed by atoms with van der Waals surface area (Å²) in [6.45, 7) is 3.49. The van der Waals surface area contributed by atoms with E-state index in [9.17, 15) is 9.59 Å². The lowest BCUT2D eigenvalue weighted by Gasteiger charge is -2.31. The monoisotopic (exact) mass is 270 g/mol. The van der Waals surface area contributed by atoms with Gasteiger partial charge in [-0.25, -0.2) is 4.79 Å². The zero-order valence-electron chi connectivity index (χ0n) is 11.3. The standard InChI is InChI=1S/C13H22N2O4/c1-9-4-5-11(19-9)7-14-13(18)15-6-2-3-10(8-15)12(16)17/h9-11H,2-8H2,1H3,(H,14,18)(H,16,17). The smallest absolute Gasteiger partial charge is 0.317 e. The third-order valence-electron chi connectivity index (χ3n) is 3.86. The molecule has 0 saturated carbocycles. The molecule has 6 heteroatoms. The van der Waals surface area contributed by atoms with Gasteiger partial charge < -0.3 is 20.1 Å². The van der Waals surface area contributed by atoms with Crippen molar-refractivity contribution in [3.8, 4) is 0 Å². The Balaban J connectivity index is 1.74. The van der Waals surface area contributed by atoms with Crippen molar-refractivity contribution in [2.24, 2.45) is 5.92 Å². The number of carboxylic acid groups (broad SMARTS) is 1. The molecule has 0 aromatic rings. The number of carboxylic acids is 1. The van der Waals surface area contributed by atoms with Crippen LogP contribution in [0.5, 0.6) is 0 Å². The van der Waals surface area contributed by atoms with Gasteiger partial charge in [-0.1, -0.05) is 0 Å². The Morgan fingerprint density at radius 2 is 2.16 bits per heavy atom. The highest BCUT2D eigenvalue weighted by Gasteiger charge is 2.29. The van der Waals surface area contributed by atoms with Crippen molar-refractivity contribution in [3.05, 3.63) is 0 Å². The van der Waals surface area contributed by atoms with Gasteiger partial charge in [-0.05, 0) is 32.6 Å². The van der Waals surface area contributed by atoms with Crippen LogP contribution in [-0.4, -0.2) is 53.8 Å². The largest absolute Gasteiger partial charge is 0.481 e. The molecule has 2 amide bonds. The Hall–Kier alpha value is -1.30. The Morgan fingerprint density at radius 1 is 1.37 bits per heavy atom. The van der Waals surface area contributed by atoms with Crippen molar-refractivity contribution >= 4 is 12.0 Å². The summed E-state index contributed by atoms with van der Waals surface area (Å²) in [6.07, 6.45) is 3.78. The Bertz CT molecular complexity index is 348. The Labute approximate surface area is 113 Å². The molecule has 108 valence electrons. The number of likely N-dealkylation sites (tertiary alicyclic amines) is 1. The molecule has 2 fully saturated rings. The van der Waals surface area contributed by atoms with Gasteiger partial charge in [-0.15, -0.1) is 0 Å². The fourth-order valence-electron chi connectivity index (χ4n) is 2.71. The van der Waals surface area contributed by atoms with Crippen LogP contribution in [0.15, 0.2) is 0 Å². The molecule has 0 aromatic carbocycles. The lowest BCUT2D eigenvalue weighted by Crippen LogP contribution is -2.48. The van der Waals surface area contributed by atoms with Crippen LogP contribution in [0, 0.1) is 5.92 Å². The fourth-order valence-corrected chi connectivity index (χ4v) is 2.71. The van der Waals surface area contributed by atoms with Crippen molar-refractivity contribution in [2.45, 2.75) is 44.8 Å². The quantitative estimate of drug-likeness (QED) is 0.803. The summed E-state index contributed by atoms with van der Waals surface area (Å²) in [7, 11) is 0. The predicted octanol–water partition coefficient (Wildman–Crippen LogP) is 1.06. The summed E-state index contributed by atoms with van der Waals surface area (Å²) in [4.78, 5) is 24.5. The van der Waals surface area contributed by atoms with Crippen LogP contribution in [-0.2, 0) is 9.53 Å². The lowest BCUT2D eigenvalue weighted by molar-refractivity contribution is -0.143. The first-order chi connectivity index (χ1) is 9.06. The van der Waals surface area contributed by atoms with Crippen LogP contribution in [0.2, 0.25) is 0 Å². The van der Waals surface area contributed by atoms with Gasteiger partial charge in [0.05, 0.1) is 18.1 Å². The average Bonchev–Trinajstić information content (AvgIpc) is 2.82. The summed E-state index contributed by atoms with van der Waals surface area (Å²) in [6, 6.07) is -0.172. The van der Waals surface area contributed by atoms with Crippen LogP contribution in [0.25, 0.3) is 0 Å². The SMILES string of the molecule is CC1CCC(CNC(=O)N2CCCC(C(=O)O)C2)O1. The molecule has 2 rings (SSSR count). The number of ether oxygens (including phenoxy) is 1. The number of piperidine rings is 1. The maximum absolute atomic E-state index is 12.0. The molecule has 19 heavy (non-hydrogen) atoms. The van der Waals surface area contributed by atoms with E-state index in [0.29, 0.717) is 26.1 Å². The van der Waals surface area contributed by atoms with E-state index in [-0.39, 0.29) is 18.2 Å². The molecule has 6 nitrogen and oxygen atoms in total. The van der Waals surface area contributed by atoms with E-state index < -0.39 is 11.9 Å². The van der Waals surface area contributed by atoms with Gasteiger partial charge in [0.2, 0.25) is 0 Å². The minimum absolute atomic E-state index is 0.0963. The topological polar surface area (TPSA) is 78.9 Å². The molecule has 0 radical (unpaired) electrons. The van der Waals surface area contributed by atoms with E-state index >= 15 is 0 Å². The molecular weight excluding hydrogens is 248 g/mol. The van der Waals surface area contributed by atoms with Crippen LogP contribution in [0.4, 0.5) is 4.79 Å². The minimum Gasteiger partial charge on any atom is -0.481 e. The summed E-state index contributed by atoms with van der Waals surface area (Å²) in [5.74, 6) is -1.24. The number of rotatable bonds is 3. The van der Waals surface area contributed by atoms with Gasteiger partial charge in [0.1, 0.15) is 0 Å². The number of nitrogens with one attached hydrogen (secondary N) is 1. The number of nitrogens with zero attached hydrogens (tertiary/aromatic N) is 1. The van der Waals surface area contributed by atoms with Crippen molar-refractivity contribution < 1.29 is 19.4 Å². The van der Waals surface area contributed by atoms with Crippen molar-refractivity contribution in [2.75, 3.05) is 19.6 Å². The van der Waals surface area contributed by atoms with Gasteiger partial charge in [0.25, 0.3) is 0 Å². The third kappa shape index (κ3) is 3.83. The highest BCUT2D eigenvalue weighted by Crippen LogP contribution is 2.19. The molecule has 0 aromatic heterocycles. The lowest BCUT2D eigenvalue weighted by atomic mass is 9.99. The van der Waals surface area contributed by atoms with E-state index in [1.807, 2.05) is 6.92 Å². The van der Waals surface area contributed by atoms with Crippen molar-refractivity contribution in [1.29, 1.82) is 0 Å². The maximum Gasteiger partial charge on any atom is 0.317 e. The first-order valence-electron chi connectivity index (χ1n) is 6.97. The summed E-state index contributed by atoms with van der Waals surface area (Å²) in [5.41, 5.74) is 0. The number of carbonyl (C=O) groups is 2. The zero-order chi connectivity index (χ0) is 13.8. The summed E-state index contributed by atoms with van der Waals surface area (Å²) >= 11 is 0. The first kappa shape index (κ1) is 14.1. The predicted molar refractivity (Wildman–Crippen MR) is 68.9 cm³/mol. The van der Waals surface area contributed by atoms with Crippen molar-refractivity contribution in [1.82, 2.24) is 10.2 Å². The van der Waals surface area contributed by atoms with Gasteiger partial charge >= 0.3 is 12.0 Å². The summed E-state index contributed by atoms with van der Waals surface area (Å²) in [5, 5.41) is 11.8. The van der Waals surface area contributed by atoms with Crippen LogP contribution in [0.1, 0.15) is 32.6 Å². The minimum atomic E-state index is -0.814. The maximum atomic E-state index is 12.0. The van der Waals surface area contributed by atoms with Crippen molar-refractivity contribution in [3.63, 3.8) is 0 Å². The van der Waals surface area contributed by atoms with Gasteiger partial charge in [0.15, 0.2) is 0 Å². The number of carbonyl (C=O) groups excluding carboxylic acids is 1. The number of aliphatic carboxylic acids is 1. The van der Waals surface area contributed by atoms with E-state index in [1.54, 1.807) is 4.90 Å². The van der Waals surface area contributed by atoms with E-state index in [0.717, 1.165) is 19.3 Å². The van der Waals surface area contributed by atoms with Gasteiger partial charge in [-0.2, -0.15) is 0 Å². The molecular formula is C13H22N2O4. The van der Waals surface area contributed by atoms with Crippen LogP contribution >= 0.6 is 0 Å². The molecule has 0 spiro atoms. The second-order valence-electron chi connectivity index (χ2n) is 5.46. The second kappa shape index (κ2) is 6.23. The Morgan fingerprint density at radius 3 is 2.79 bits per heavy atom. The Kier molecular flexibility index (Phi) is 4.63. The highest BCUT2D eigenvalue weighted by molar-refractivity contribution is 5.76. The number of hydrogen-bond acceptors (Lipinski definition) is 3. The van der Waals surface area contributed by atoms with E-state index in [1.165, 1.54) is 0 Å². The molecule has 3 unspecified atom stereocenters. The molecule has 2 saturated heterocycles. The van der Waals surface area contributed by atoms with E-state index in [2.05, 4.69) is 5.32 Å². The number of hydrogen-bond donors (Lipinski definition) is 2. The second-order valence-corrected chi connectivity index (χ2v) is 5.46.